The molecule has 0 bridgehead atoms. The van der Waals surface area contributed by atoms with Crippen LogP contribution in [-0.4, -0.2) is 18.0 Å². The Hall–Kier alpha value is -2.89. The van der Waals surface area contributed by atoms with Crippen molar-refractivity contribution in [2.75, 3.05) is 7.11 Å². The highest BCUT2D eigenvalue weighted by Gasteiger charge is 2.18. The number of aryl methyl sites for hydroxylation is 1. The lowest BCUT2D eigenvalue weighted by molar-refractivity contribution is -0.385. The molecule has 114 valence electrons. The largest absolute Gasteiger partial charge is 0.490 e. The van der Waals surface area contributed by atoms with E-state index in [2.05, 4.69) is 0 Å². The van der Waals surface area contributed by atoms with Gasteiger partial charge in [-0.05, 0) is 24.6 Å². The predicted octanol–water partition coefficient (Wildman–Crippen LogP) is 3.27. The number of hydrogen-bond donors (Lipinski definition) is 0. The molecule has 0 saturated carbocycles. The molecule has 6 heteroatoms. The number of benzene rings is 2. The molecular formula is C16H15NO5. The van der Waals surface area contributed by atoms with Gasteiger partial charge in [-0.25, -0.2) is 4.79 Å². The highest BCUT2D eigenvalue weighted by atomic mass is 16.6. The van der Waals surface area contributed by atoms with E-state index in [0.717, 1.165) is 17.2 Å². The average Bonchev–Trinajstić information content (AvgIpc) is 2.52. The van der Waals surface area contributed by atoms with Crippen molar-refractivity contribution in [2.45, 2.75) is 13.5 Å². The van der Waals surface area contributed by atoms with Crippen LogP contribution in [0.15, 0.2) is 42.5 Å². The Balaban J connectivity index is 2.12. The number of hydrogen-bond acceptors (Lipinski definition) is 5. The third-order valence-corrected chi connectivity index (χ3v) is 3.06. The highest BCUT2D eigenvalue weighted by Crippen LogP contribution is 2.27. The van der Waals surface area contributed by atoms with Gasteiger partial charge in [0.05, 0.1) is 17.6 Å². The Morgan fingerprint density at radius 2 is 2.00 bits per heavy atom. The summed E-state index contributed by atoms with van der Waals surface area (Å²) in [6.07, 6.45) is 0. The number of nitrogens with zero attached hydrogens (tertiary/aromatic N) is 1. The highest BCUT2D eigenvalue weighted by molar-refractivity contribution is 5.90. The lowest BCUT2D eigenvalue weighted by Gasteiger charge is -2.07. The minimum absolute atomic E-state index is 0.0974. The van der Waals surface area contributed by atoms with Gasteiger partial charge < -0.3 is 9.47 Å². The molecule has 0 fully saturated rings. The van der Waals surface area contributed by atoms with E-state index in [-0.39, 0.29) is 23.6 Å². The molecule has 0 aliphatic rings. The summed E-state index contributed by atoms with van der Waals surface area (Å²) in [7, 11) is 1.33. The number of esters is 1. The number of carbonyl (C=O) groups excluding carboxylic acids is 1. The number of carbonyl (C=O) groups is 1. The van der Waals surface area contributed by atoms with E-state index in [9.17, 15) is 14.9 Å². The van der Waals surface area contributed by atoms with Crippen LogP contribution in [0, 0.1) is 17.0 Å². The maximum Gasteiger partial charge on any atom is 0.338 e. The molecule has 2 aromatic rings. The van der Waals surface area contributed by atoms with E-state index in [0.29, 0.717) is 0 Å². The molecular weight excluding hydrogens is 286 g/mol. The lowest BCUT2D eigenvalue weighted by Crippen LogP contribution is -2.06. The van der Waals surface area contributed by atoms with Gasteiger partial charge in [0.2, 0.25) is 0 Å². The molecule has 0 amide bonds. The number of methoxy groups -OCH3 is 1. The second kappa shape index (κ2) is 6.71. The summed E-state index contributed by atoms with van der Waals surface area (Å²) in [6, 6.07) is 11.5. The molecule has 2 aromatic carbocycles. The van der Waals surface area contributed by atoms with Gasteiger partial charge in [0.1, 0.15) is 6.61 Å². The van der Waals surface area contributed by atoms with E-state index in [1.54, 1.807) is 0 Å². The van der Waals surface area contributed by atoms with Gasteiger partial charge in [-0.15, -0.1) is 0 Å². The van der Waals surface area contributed by atoms with Gasteiger partial charge in [-0.2, -0.15) is 0 Å². The molecule has 0 spiro atoms. The molecule has 0 heterocycles. The first-order valence-corrected chi connectivity index (χ1v) is 6.56. The number of nitro groups is 1. The predicted molar refractivity (Wildman–Crippen MR) is 79.9 cm³/mol. The topological polar surface area (TPSA) is 78.7 Å². The van der Waals surface area contributed by atoms with Crippen LogP contribution in [0.3, 0.4) is 0 Å². The van der Waals surface area contributed by atoms with Gasteiger partial charge in [-0.1, -0.05) is 29.8 Å². The van der Waals surface area contributed by atoms with Crippen LogP contribution in [0.1, 0.15) is 21.5 Å². The summed E-state index contributed by atoms with van der Waals surface area (Å²) >= 11 is 0. The van der Waals surface area contributed by atoms with Crippen molar-refractivity contribution in [3.8, 4) is 5.75 Å². The molecule has 0 saturated heterocycles. The van der Waals surface area contributed by atoms with Crippen LogP contribution < -0.4 is 4.74 Å². The fourth-order valence-electron chi connectivity index (χ4n) is 1.99. The maximum absolute atomic E-state index is 12.0. The van der Waals surface area contributed by atoms with E-state index in [4.69, 9.17) is 9.47 Å². The molecule has 2 rings (SSSR count). The van der Waals surface area contributed by atoms with E-state index in [1.165, 1.54) is 19.2 Å². The van der Waals surface area contributed by atoms with Crippen molar-refractivity contribution in [1.82, 2.24) is 0 Å². The first kappa shape index (κ1) is 15.5. The summed E-state index contributed by atoms with van der Waals surface area (Å²) in [5.74, 6) is -0.521. The minimum atomic E-state index is -0.618. The normalized spacial score (nSPS) is 10.1. The molecule has 22 heavy (non-hydrogen) atoms. The van der Waals surface area contributed by atoms with E-state index in [1.807, 2.05) is 31.2 Å². The second-order valence-electron chi connectivity index (χ2n) is 4.71. The van der Waals surface area contributed by atoms with Crippen LogP contribution in [-0.2, 0) is 11.3 Å². The third kappa shape index (κ3) is 3.60. The van der Waals surface area contributed by atoms with Gasteiger partial charge in [-0.3, -0.25) is 10.1 Å². The zero-order valence-electron chi connectivity index (χ0n) is 12.2. The molecule has 0 aliphatic heterocycles. The second-order valence-corrected chi connectivity index (χ2v) is 4.71. The van der Waals surface area contributed by atoms with Crippen molar-refractivity contribution >= 4 is 11.7 Å². The Labute approximate surface area is 127 Å². The maximum atomic E-state index is 12.0. The van der Waals surface area contributed by atoms with Crippen LogP contribution in [0.2, 0.25) is 0 Å². The van der Waals surface area contributed by atoms with Gasteiger partial charge >= 0.3 is 11.7 Å². The number of rotatable bonds is 5. The SMILES string of the molecule is COc1ccc(C(=O)OCc2cccc(C)c2)cc1[N+](=O)[O-]. The quantitative estimate of drug-likeness (QED) is 0.481. The number of ether oxygens (including phenoxy) is 2. The van der Waals surface area contributed by atoms with Crippen LogP contribution in [0.4, 0.5) is 5.69 Å². The van der Waals surface area contributed by atoms with Gasteiger partial charge in [0, 0.05) is 6.07 Å². The van der Waals surface area contributed by atoms with Gasteiger partial charge in [0.25, 0.3) is 0 Å². The van der Waals surface area contributed by atoms with Crippen LogP contribution >= 0.6 is 0 Å². The fraction of sp³-hybridized carbons (Fsp3) is 0.188. The first-order chi connectivity index (χ1) is 10.5. The summed E-state index contributed by atoms with van der Waals surface area (Å²) < 4.78 is 10.1. The van der Waals surface area contributed by atoms with Crippen LogP contribution in [0.5, 0.6) is 5.75 Å². The Morgan fingerprint density at radius 3 is 2.64 bits per heavy atom. The first-order valence-electron chi connectivity index (χ1n) is 6.56. The van der Waals surface area contributed by atoms with Crippen LogP contribution in [0.25, 0.3) is 0 Å². The van der Waals surface area contributed by atoms with Crippen molar-refractivity contribution in [3.05, 3.63) is 69.3 Å². The van der Waals surface area contributed by atoms with E-state index < -0.39 is 10.9 Å². The fourth-order valence-corrected chi connectivity index (χ4v) is 1.99. The van der Waals surface area contributed by atoms with Crippen molar-refractivity contribution in [3.63, 3.8) is 0 Å². The Kier molecular flexibility index (Phi) is 4.73. The molecule has 0 unspecified atom stereocenters. The van der Waals surface area contributed by atoms with Crippen molar-refractivity contribution in [1.29, 1.82) is 0 Å². The summed E-state index contributed by atoms with van der Waals surface area (Å²) in [4.78, 5) is 22.3. The lowest BCUT2D eigenvalue weighted by atomic mass is 10.1. The summed E-state index contributed by atoms with van der Waals surface area (Å²) in [5.41, 5.74) is 1.76. The summed E-state index contributed by atoms with van der Waals surface area (Å²) in [6.45, 7) is 2.05. The van der Waals surface area contributed by atoms with E-state index >= 15 is 0 Å². The molecule has 6 nitrogen and oxygen atoms in total. The average molecular weight is 301 g/mol. The zero-order valence-corrected chi connectivity index (χ0v) is 12.2. The molecule has 0 aromatic heterocycles. The van der Waals surface area contributed by atoms with Gasteiger partial charge in [0.15, 0.2) is 5.75 Å². The van der Waals surface area contributed by atoms with Crippen molar-refractivity contribution < 1.29 is 19.2 Å². The summed E-state index contributed by atoms with van der Waals surface area (Å²) in [5, 5.41) is 10.9. The minimum Gasteiger partial charge on any atom is -0.490 e. The third-order valence-electron chi connectivity index (χ3n) is 3.06. The number of nitro benzene ring substituents is 1. The Morgan fingerprint density at radius 1 is 1.23 bits per heavy atom. The van der Waals surface area contributed by atoms with Crippen molar-refractivity contribution in [2.24, 2.45) is 0 Å². The Bertz CT molecular complexity index is 711. The standard InChI is InChI=1S/C16H15NO5/c1-11-4-3-5-12(8-11)10-22-16(18)13-6-7-15(21-2)14(9-13)17(19)20/h3-9H,10H2,1-2H3. The zero-order chi connectivity index (χ0) is 16.1. The monoisotopic (exact) mass is 301 g/mol. The molecule has 0 N–H and O–H groups in total. The molecule has 0 atom stereocenters. The molecule has 0 aliphatic carbocycles. The molecule has 0 radical (unpaired) electrons. The smallest absolute Gasteiger partial charge is 0.338 e.